The minimum Gasteiger partial charge on any atom is -0.374 e. The number of anilines is 2. The van der Waals surface area contributed by atoms with E-state index in [0.29, 0.717) is 0 Å². The molecule has 0 aromatic heterocycles. The molecule has 0 aliphatic carbocycles. The van der Waals surface area contributed by atoms with Crippen molar-refractivity contribution >= 4 is 17.3 Å². The van der Waals surface area contributed by atoms with Crippen LogP contribution in [0.5, 0.6) is 0 Å². The summed E-state index contributed by atoms with van der Waals surface area (Å²) in [6.45, 7) is 8.02. The molecule has 110 valence electrons. The van der Waals surface area contributed by atoms with Crippen LogP contribution < -0.4 is 10.6 Å². The molecule has 2 aromatic rings. The van der Waals surface area contributed by atoms with Gasteiger partial charge in [-0.25, -0.2) is 0 Å². The van der Waals surface area contributed by atoms with Gasteiger partial charge < -0.3 is 10.6 Å². The molecule has 1 atom stereocenters. The molecule has 0 unspecified atom stereocenters. The first-order chi connectivity index (χ1) is 9.97. The Kier molecular flexibility index (Phi) is 4.63. The molecule has 0 heterocycles. The SMILES string of the molecule is Cc1ccc(NC(=O)[C@H](C)Nc2cccc(C)c2C)cc1. The number of hydrogen-bond acceptors (Lipinski definition) is 2. The summed E-state index contributed by atoms with van der Waals surface area (Å²) in [6.07, 6.45) is 0. The van der Waals surface area contributed by atoms with Gasteiger partial charge in [0.1, 0.15) is 6.04 Å². The Morgan fingerprint density at radius 3 is 2.33 bits per heavy atom. The van der Waals surface area contributed by atoms with Gasteiger partial charge in [-0.15, -0.1) is 0 Å². The largest absolute Gasteiger partial charge is 0.374 e. The van der Waals surface area contributed by atoms with Crippen molar-refractivity contribution in [3.63, 3.8) is 0 Å². The molecule has 2 rings (SSSR count). The lowest BCUT2D eigenvalue weighted by atomic mass is 10.1. The second-order valence-corrected chi connectivity index (χ2v) is 5.47. The predicted octanol–water partition coefficient (Wildman–Crippen LogP) is 4.05. The first kappa shape index (κ1) is 15.1. The molecular formula is C18H22N2O. The van der Waals surface area contributed by atoms with Crippen molar-refractivity contribution in [1.29, 1.82) is 0 Å². The molecular weight excluding hydrogens is 260 g/mol. The van der Waals surface area contributed by atoms with Crippen LogP contribution in [0.3, 0.4) is 0 Å². The monoisotopic (exact) mass is 282 g/mol. The minimum atomic E-state index is -0.299. The summed E-state index contributed by atoms with van der Waals surface area (Å²) < 4.78 is 0. The number of hydrogen-bond donors (Lipinski definition) is 2. The molecule has 0 fully saturated rings. The van der Waals surface area contributed by atoms with Crippen LogP contribution in [-0.4, -0.2) is 11.9 Å². The van der Waals surface area contributed by atoms with Crippen LogP contribution >= 0.6 is 0 Å². The number of carbonyl (C=O) groups excluding carboxylic acids is 1. The van der Waals surface area contributed by atoms with E-state index in [2.05, 4.69) is 30.5 Å². The Hall–Kier alpha value is -2.29. The van der Waals surface area contributed by atoms with E-state index in [0.717, 1.165) is 11.4 Å². The highest BCUT2D eigenvalue weighted by Gasteiger charge is 2.14. The van der Waals surface area contributed by atoms with Crippen molar-refractivity contribution in [3.8, 4) is 0 Å². The zero-order valence-corrected chi connectivity index (χ0v) is 13.0. The Balaban J connectivity index is 2.02. The maximum atomic E-state index is 12.2. The molecule has 0 spiro atoms. The summed E-state index contributed by atoms with van der Waals surface area (Å²) in [5.41, 5.74) is 5.38. The summed E-state index contributed by atoms with van der Waals surface area (Å²) >= 11 is 0. The number of rotatable bonds is 4. The second-order valence-electron chi connectivity index (χ2n) is 5.47. The molecule has 3 heteroatoms. The van der Waals surface area contributed by atoms with Gasteiger partial charge in [-0.3, -0.25) is 4.79 Å². The van der Waals surface area contributed by atoms with E-state index in [1.165, 1.54) is 16.7 Å². The quantitative estimate of drug-likeness (QED) is 0.888. The van der Waals surface area contributed by atoms with Gasteiger partial charge in [0.25, 0.3) is 0 Å². The van der Waals surface area contributed by atoms with Gasteiger partial charge in [-0.2, -0.15) is 0 Å². The van der Waals surface area contributed by atoms with Crippen LogP contribution in [0.15, 0.2) is 42.5 Å². The van der Waals surface area contributed by atoms with E-state index in [9.17, 15) is 4.79 Å². The molecule has 3 nitrogen and oxygen atoms in total. The van der Waals surface area contributed by atoms with Crippen LogP contribution in [-0.2, 0) is 4.79 Å². The van der Waals surface area contributed by atoms with E-state index >= 15 is 0 Å². The summed E-state index contributed by atoms with van der Waals surface area (Å²) in [4.78, 5) is 12.2. The van der Waals surface area contributed by atoms with Gasteiger partial charge >= 0.3 is 0 Å². The molecule has 0 radical (unpaired) electrons. The third-order valence-corrected chi connectivity index (χ3v) is 3.69. The number of benzene rings is 2. The molecule has 0 saturated carbocycles. The van der Waals surface area contributed by atoms with Gasteiger partial charge in [-0.05, 0) is 57.0 Å². The van der Waals surface area contributed by atoms with E-state index in [1.807, 2.05) is 50.2 Å². The summed E-state index contributed by atoms with van der Waals surface area (Å²) in [5, 5.41) is 6.19. The average molecular weight is 282 g/mol. The highest BCUT2D eigenvalue weighted by Crippen LogP contribution is 2.19. The highest BCUT2D eigenvalue weighted by atomic mass is 16.2. The molecule has 0 aliphatic heterocycles. The number of nitrogens with one attached hydrogen (secondary N) is 2. The molecule has 0 aliphatic rings. The Morgan fingerprint density at radius 1 is 1.00 bits per heavy atom. The van der Waals surface area contributed by atoms with Crippen LogP contribution in [0.2, 0.25) is 0 Å². The van der Waals surface area contributed by atoms with E-state index in [-0.39, 0.29) is 11.9 Å². The van der Waals surface area contributed by atoms with Crippen LogP contribution in [0, 0.1) is 20.8 Å². The number of carbonyl (C=O) groups is 1. The number of aryl methyl sites for hydroxylation is 2. The first-order valence-corrected chi connectivity index (χ1v) is 7.17. The topological polar surface area (TPSA) is 41.1 Å². The Bertz CT molecular complexity index is 632. The second kappa shape index (κ2) is 6.44. The maximum absolute atomic E-state index is 12.2. The zero-order chi connectivity index (χ0) is 15.4. The van der Waals surface area contributed by atoms with Gasteiger partial charge in [0.15, 0.2) is 0 Å². The summed E-state index contributed by atoms with van der Waals surface area (Å²) in [6, 6.07) is 13.6. The van der Waals surface area contributed by atoms with Crippen molar-refractivity contribution in [2.45, 2.75) is 33.7 Å². The predicted molar refractivity (Wildman–Crippen MR) is 88.8 cm³/mol. The lowest BCUT2D eigenvalue weighted by molar-refractivity contribution is -0.116. The standard InChI is InChI=1S/C18H22N2O/c1-12-8-10-16(11-9-12)20-18(21)15(4)19-17-7-5-6-13(2)14(17)3/h5-11,15,19H,1-4H3,(H,20,21)/t15-/m0/s1. The van der Waals surface area contributed by atoms with Crippen LogP contribution in [0.4, 0.5) is 11.4 Å². The van der Waals surface area contributed by atoms with E-state index in [1.54, 1.807) is 0 Å². The maximum Gasteiger partial charge on any atom is 0.246 e. The molecule has 1 amide bonds. The van der Waals surface area contributed by atoms with Crippen molar-refractivity contribution < 1.29 is 4.79 Å². The number of amides is 1. The lowest BCUT2D eigenvalue weighted by Gasteiger charge is -2.18. The third-order valence-electron chi connectivity index (χ3n) is 3.69. The van der Waals surface area contributed by atoms with Crippen molar-refractivity contribution in [3.05, 3.63) is 59.2 Å². The summed E-state index contributed by atoms with van der Waals surface area (Å²) in [5.74, 6) is -0.0419. The fourth-order valence-corrected chi connectivity index (χ4v) is 2.09. The summed E-state index contributed by atoms with van der Waals surface area (Å²) in [7, 11) is 0. The normalized spacial score (nSPS) is 11.8. The van der Waals surface area contributed by atoms with Crippen LogP contribution in [0.1, 0.15) is 23.6 Å². The first-order valence-electron chi connectivity index (χ1n) is 7.17. The Labute approximate surface area is 126 Å². The lowest BCUT2D eigenvalue weighted by Crippen LogP contribution is -2.32. The van der Waals surface area contributed by atoms with Crippen molar-refractivity contribution in [2.24, 2.45) is 0 Å². The Morgan fingerprint density at radius 2 is 1.67 bits per heavy atom. The molecule has 0 saturated heterocycles. The minimum absolute atomic E-state index is 0.0419. The van der Waals surface area contributed by atoms with Gasteiger partial charge in [-0.1, -0.05) is 29.8 Å². The van der Waals surface area contributed by atoms with Crippen molar-refractivity contribution in [1.82, 2.24) is 0 Å². The zero-order valence-electron chi connectivity index (χ0n) is 13.0. The molecule has 2 N–H and O–H groups in total. The van der Waals surface area contributed by atoms with Gasteiger partial charge in [0.2, 0.25) is 5.91 Å². The van der Waals surface area contributed by atoms with Gasteiger partial charge in [0.05, 0.1) is 0 Å². The molecule has 2 aromatic carbocycles. The van der Waals surface area contributed by atoms with Crippen molar-refractivity contribution in [2.75, 3.05) is 10.6 Å². The van der Waals surface area contributed by atoms with E-state index in [4.69, 9.17) is 0 Å². The highest BCUT2D eigenvalue weighted by molar-refractivity contribution is 5.96. The molecule has 21 heavy (non-hydrogen) atoms. The van der Waals surface area contributed by atoms with Crippen LogP contribution in [0.25, 0.3) is 0 Å². The average Bonchev–Trinajstić information content (AvgIpc) is 2.46. The van der Waals surface area contributed by atoms with Gasteiger partial charge in [0, 0.05) is 11.4 Å². The third kappa shape index (κ3) is 3.85. The fourth-order valence-electron chi connectivity index (χ4n) is 2.09. The molecule has 0 bridgehead atoms. The van der Waals surface area contributed by atoms with E-state index < -0.39 is 0 Å². The fraction of sp³-hybridized carbons (Fsp3) is 0.278. The smallest absolute Gasteiger partial charge is 0.246 e.